The van der Waals surface area contributed by atoms with Crippen molar-refractivity contribution < 1.29 is 24.0 Å². The molecule has 1 fully saturated rings. The number of amides is 1. The molecule has 0 bridgehead atoms. The van der Waals surface area contributed by atoms with Crippen LogP contribution in [0.5, 0.6) is 5.75 Å². The summed E-state index contributed by atoms with van der Waals surface area (Å²) in [7, 11) is 1.52. The number of aliphatic hydroxyl groups excluding tert-OH is 1. The van der Waals surface area contributed by atoms with E-state index in [0.29, 0.717) is 34.2 Å². The van der Waals surface area contributed by atoms with Crippen molar-refractivity contribution in [2.45, 2.75) is 19.4 Å². The van der Waals surface area contributed by atoms with Gasteiger partial charge in [0.25, 0.3) is 11.6 Å². The van der Waals surface area contributed by atoms with Crippen LogP contribution >= 0.6 is 0 Å². The number of nitro benzene ring substituents is 1. The van der Waals surface area contributed by atoms with Gasteiger partial charge in [0.2, 0.25) is 0 Å². The van der Waals surface area contributed by atoms with Crippen LogP contribution in [-0.4, -0.2) is 36.1 Å². The zero-order chi connectivity index (χ0) is 22.7. The van der Waals surface area contributed by atoms with Crippen LogP contribution in [0.1, 0.15) is 29.0 Å². The molecule has 0 atom stereocenters. The molecule has 0 unspecified atom stereocenters. The molecule has 9 nitrogen and oxygen atoms in total. The Labute approximate surface area is 184 Å². The second-order valence-electron chi connectivity index (χ2n) is 7.45. The summed E-state index contributed by atoms with van der Waals surface area (Å²) >= 11 is 0. The molecule has 9 heteroatoms. The SMILES string of the molecule is COc1ccc(NC(=O)c2ccc(N3CCCC3)c([N+](=O)[O-])c2)cc1-c1ccc(CO)o1. The van der Waals surface area contributed by atoms with Crippen molar-refractivity contribution in [2.75, 3.05) is 30.4 Å². The number of ether oxygens (including phenoxy) is 1. The smallest absolute Gasteiger partial charge is 0.293 e. The summed E-state index contributed by atoms with van der Waals surface area (Å²) in [5.74, 6) is 0.953. The fourth-order valence-electron chi connectivity index (χ4n) is 3.83. The second-order valence-corrected chi connectivity index (χ2v) is 7.45. The highest BCUT2D eigenvalue weighted by Gasteiger charge is 2.24. The maximum atomic E-state index is 12.8. The van der Waals surface area contributed by atoms with Gasteiger partial charge >= 0.3 is 0 Å². The lowest BCUT2D eigenvalue weighted by Gasteiger charge is -2.18. The number of furan rings is 1. The van der Waals surface area contributed by atoms with Gasteiger partial charge in [-0.25, -0.2) is 0 Å². The van der Waals surface area contributed by atoms with Gasteiger partial charge < -0.3 is 24.5 Å². The first-order valence-electron chi connectivity index (χ1n) is 10.2. The lowest BCUT2D eigenvalue weighted by atomic mass is 10.1. The van der Waals surface area contributed by atoms with Gasteiger partial charge in [-0.1, -0.05) is 0 Å². The first-order chi connectivity index (χ1) is 15.5. The molecule has 0 aliphatic carbocycles. The maximum absolute atomic E-state index is 12.8. The highest BCUT2D eigenvalue weighted by molar-refractivity contribution is 6.05. The molecule has 1 aromatic heterocycles. The fourth-order valence-corrected chi connectivity index (χ4v) is 3.83. The normalized spacial score (nSPS) is 13.2. The van der Waals surface area contributed by atoms with E-state index in [-0.39, 0.29) is 17.9 Å². The third kappa shape index (κ3) is 4.28. The topological polar surface area (TPSA) is 118 Å². The van der Waals surface area contributed by atoms with Gasteiger partial charge in [0.1, 0.15) is 29.6 Å². The monoisotopic (exact) mass is 437 g/mol. The number of methoxy groups -OCH3 is 1. The van der Waals surface area contributed by atoms with Crippen LogP contribution in [0.3, 0.4) is 0 Å². The highest BCUT2D eigenvalue weighted by Crippen LogP contribution is 2.35. The van der Waals surface area contributed by atoms with Crippen molar-refractivity contribution in [3.8, 4) is 17.1 Å². The predicted octanol–water partition coefficient (Wildman–Crippen LogP) is 4.21. The molecule has 4 rings (SSSR count). The number of anilines is 2. The van der Waals surface area contributed by atoms with Gasteiger partial charge in [-0.15, -0.1) is 0 Å². The van der Waals surface area contributed by atoms with Crippen LogP contribution in [0.15, 0.2) is 52.9 Å². The highest BCUT2D eigenvalue weighted by atomic mass is 16.6. The van der Waals surface area contributed by atoms with Crippen LogP contribution in [-0.2, 0) is 6.61 Å². The summed E-state index contributed by atoms with van der Waals surface area (Å²) in [6, 6.07) is 12.9. The minimum absolute atomic E-state index is 0.0814. The van der Waals surface area contributed by atoms with Gasteiger partial charge in [0.15, 0.2) is 0 Å². The molecule has 2 N–H and O–H groups in total. The molecular formula is C23H23N3O6. The summed E-state index contributed by atoms with van der Waals surface area (Å²) in [5.41, 5.74) is 1.72. The van der Waals surface area contributed by atoms with Crippen LogP contribution in [0.2, 0.25) is 0 Å². The quantitative estimate of drug-likeness (QED) is 0.420. The number of carbonyl (C=O) groups excluding carboxylic acids is 1. The first kappa shape index (κ1) is 21.4. The van der Waals surface area contributed by atoms with E-state index in [9.17, 15) is 20.0 Å². The van der Waals surface area contributed by atoms with Crippen LogP contribution in [0.4, 0.5) is 17.1 Å². The molecule has 1 saturated heterocycles. The van der Waals surface area contributed by atoms with E-state index in [1.54, 1.807) is 42.5 Å². The molecule has 32 heavy (non-hydrogen) atoms. The van der Waals surface area contributed by atoms with Gasteiger partial charge in [0.05, 0.1) is 17.6 Å². The van der Waals surface area contributed by atoms with Gasteiger partial charge in [-0.3, -0.25) is 14.9 Å². The molecule has 166 valence electrons. The number of rotatable bonds is 7. The van der Waals surface area contributed by atoms with E-state index in [4.69, 9.17) is 9.15 Å². The second kappa shape index (κ2) is 9.11. The van der Waals surface area contributed by atoms with Gasteiger partial charge in [-0.2, -0.15) is 0 Å². The number of nitro groups is 1. The van der Waals surface area contributed by atoms with Crippen LogP contribution < -0.4 is 15.0 Å². The van der Waals surface area contributed by atoms with Crippen molar-refractivity contribution in [3.05, 3.63) is 70.0 Å². The van der Waals surface area contributed by atoms with Crippen molar-refractivity contribution >= 4 is 23.0 Å². The molecule has 0 spiro atoms. The van der Waals surface area contributed by atoms with Crippen molar-refractivity contribution in [1.29, 1.82) is 0 Å². The third-order valence-corrected chi connectivity index (χ3v) is 5.42. The largest absolute Gasteiger partial charge is 0.496 e. The van der Waals surface area contributed by atoms with Gasteiger partial charge in [-0.05, 0) is 55.3 Å². The van der Waals surface area contributed by atoms with E-state index in [1.807, 2.05) is 4.90 Å². The Morgan fingerprint density at radius 2 is 1.97 bits per heavy atom. The first-order valence-corrected chi connectivity index (χ1v) is 10.2. The molecule has 1 aliphatic heterocycles. The number of aliphatic hydroxyl groups is 1. The molecular weight excluding hydrogens is 414 g/mol. The van der Waals surface area contributed by atoms with Crippen molar-refractivity contribution in [1.82, 2.24) is 0 Å². The van der Waals surface area contributed by atoms with Crippen LogP contribution in [0.25, 0.3) is 11.3 Å². The molecule has 1 aliphatic rings. The Kier molecular flexibility index (Phi) is 6.09. The van der Waals surface area contributed by atoms with E-state index < -0.39 is 10.8 Å². The number of nitrogens with one attached hydrogen (secondary N) is 1. The lowest BCUT2D eigenvalue weighted by molar-refractivity contribution is -0.384. The molecule has 2 heterocycles. The zero-order valence-corrected chi connectivity index (χ0v) is 17.5. The summed E-state index contributed by atoms with van der Waals surface area (Å²) in [6.07, 6.45) is 1.99. The number of hydrogen-bond donors (Lipinski definition) is 2. The average molecular weight is 437 g/mol. The van der Waals surface area contributed by atoms with Crippen LogP contribution in [0, 0.1) is 10.1 Å². The molecule has 0 radical (unpaired) electrons. The minimum atomic E-state index is -0.465. The Bertz CT molecular complexity index is 1150. The van der Waals surface area contributed by atoms with Crippen molar-refractivity contribution in [3.63, 3.8) is 0 Å². The summed E-state index contributed by atoms with van der Waals surface area (Å²) in [5, 5.41) is 23.6. The molecule has 0 saturated carbocycles. The Morgan fingerprint density at radius 1 is 1.19 bits per heavy atom. The van der Waals surface area contributed by atoms with Gasteiger partial charge in [0, 0.05) is 30.4 Å². The summed E-state index contributed by atoms with van der Waals surface area (Å²) in [6.45, 7) is 1.31. The lowest BCUT2D eigenvalue weighted by Crippen LogP contribution is -2.19. The summed E-state index contributed by atoms with van der Waals surface area (Å²) in [4.78, 5) is 26.0. The Balaban J connectivity index is 1.60. The summed E-state index contributed by atoms with van der Waals surface area (Å²) < 4.78 is 11.0. The Morgan fingerprint density at radius 3 is 2.62 bits per heavy atom. The van der Waals surface area contributed by atoms with E-state index in [2.05, 4.69) is 5.32 Å². The predicted molar refractivity (Wildman–Crippen MR) is 119 cm³/mol. The average Bonchev–Trinajstić information content (AvgIpc) is 3.51. The van der Waals surface area contributed by atoms with E-state index in [0.717, 1.165) is 25.9 Å². The zero-order valence-electron chi connectivity index (χ0n) is 17.5. The van der Waals surface area contributed by atoms with E-state index >= 15 is 0 Å². The van der Waals surface area contributed by atoms with E-state index in [1.165, 1.54) is 13.2 Å². The number of carbonyl (C=O) groups is 1. The fraction of sp³-hybridized carbons (Fsp3) is 0.261. The molecule has 3 aromatic rings. The number of benzene rings is 2. The third-order valence-electron chi connectivity index (χ3n) is 5.42. The molecule has 2 aromatic carbocycles. The number of hydrogen-bond acceptors (Lipinski definition) is 7. The Hall–Kier alpha value is -3.85. The maximum Gasteiger partial charge on any atom is 0.293 e. The minimum Gasteiger partial charge on any atom is -0.496 e. The molecule has 1 amide bonds. The standard InChI is InChI=1S/C23H23N3O6/c1-31-21-8-5-16(13-18(21)22-9-6-17(14-27)32-22)24-23(28)15-4-7-19(20(12-15)26(29)30)25-10-2-3-11-25/h4-9,12-13,27H,2-3,10-11,14H2,1H3,(H,24,28). The van der Waals surface area contributed by atoms with Crippen molar-refractivity contribution in [2.24, 2.45) is 0 Å². The number of nitrogens with zero attached hydrogens (tertiary/aromatic N) is 2.